The Hall–Kier alpha value is -1.82. The van der Waals surface area contributed by atoms with Gasteiger partial charge in [-0.15, -0.1) is 16.4 Å². The van der Waals surface area contributed by atoms with Crippen molar-refractivity contribution in [2.75, 3.05) is 6.61 Å². The van der Waals surface area contributed by atoms with Gasteiger partial charge in [0.2, 0.25) is 0 Å². The summed E-state index contributed by atoms with van der Waals surface area (Å²) in [6.07, 6.45) is -0.699. The molecule has 0 spiro atoms. The van der Waals surface area contributed by atoms with Crippen molar-refractivity contribution in [1.29, 1.82) is 5.26 Å². The zero-order valence-electron chi connectivity index (χ0n) is 15.4. The lowest BCUT2D eigenvalue weighted by Crippen LogP contribution is -2.55. The van der Waals surface area contributed by atoms with Crippen LogP contribution in [0.3, 0.4) is 0 Å². The molecular formula is C17H14Cl2N6O4S2. The summed E-state index contributed by atoms with van der Waals surface area (Å²) in [6.45, 7) is -0.496. The number of nitriles is 1. The Kier molecular flexibility index (Phi) is 6.75. The lowest BCUT2D eigenvalue weighted by molar-refractivity contribution is -0.178. The van der Waals surface area contributed by atoms with Crippen molar-refractivity contribution < 1.29 is 20.1 Å². The molecule has 10 nitrogen and oxygen atoms in total. The monoisotopic (exact) mass is 500 g/mol. The number of aliphatic hydroxyl groups is 3. The summed E-state index contributed by atoms with van der Waals surface area (Å²) in [4.78, 5) is 8.49. The third-order valence-corrected chi connectivity index (χ3v) is 7.11. The molecule has 4 rings (SSSR count). The molecule has 0 saturated carbocycles. The predicted molar refractivity (Wildman–Crippen MR) is 113 cm³/mol. The molecule has 1 fully saturated rings. The number of pyridine rings is 1. The molecule has 1 aliphatic rings. The van der Waals surface area contributed by atoms with Crippen molar-refractivity contribution in [1.82, 2.24) is 25.0 Å². The molecule has 0 radical (unpaired) electrons. The van der Waals surface area contributed by atoms with E-state index in [4.69, 9.17) is 27.9 Å². The Morgan fingerprint density at radius 1 is 1.32 bits per heavy atom. The number of halogens is 2. The molecule has 4 heterocycles. The average Bonchev–Trinajstić information content (AvgIpc) is 3.39. The minimum Gasteiger partial charge on any atom is -0.394 e. The lowest BCUT2D eigenvalue weighted by Gasteiger charge is -2.41. The van der Waals surface area contributed by atoms with E-state index in [-0.39, 0.29) is 5.69 Å². The van der Waals surface area contributed by atoms with Crippen LogP contribution in [0.2, 0.25) is 10.2 Å². The largest absolute Gasteiger partial charge is 0.394 e. The standard InChI is InChI=1S/C17H14Cl2N6O4S2/c18-7-1-11(8(2-20)21-3-7)31-17-15(28)13(14(27)10(5-26)29-17)25-4-9(23-24-25)16-22-12(19)6-30-16/h1,3-4,6,10,13-15,17,26-28H,5H2/t10?,13?,14-,15?,17+/m0/s1. The zero-order chi connectivity index (χ0) is 22.1. The highest BCUT2D eigenvalue weighted by atomic mass is 35.5. The van der Waals surface area contributed by atoms with Gasteiger partial charge in [0.1, 0.15) is 51.7 Å². The van der Waals surface area contributed by atoms with Crippen LogP contribution in [-0.4, -0.2) is 70.6 Å². The highest BCUT2D eigenvalue weighted by Crippen LogP contribution is 2.39. The summed E-state index contributed by atoms with van der Waals surface area (Å²) in [6, 6.07) is 2.50. The Labute approximate surface area is 194 Å². The zero-order valence-corrected chi connectivity index (χ0v) is 18.6. The number of ether oxygens (including phenoxy) is 1. The fourth-order valence-electron chi connectivity index (χ4n) is 3.09. The smallest absolute Gasteiger partial charge is 0.154 e. The fraction of sp³-hybridized carbons (Fsp3) is 0.353. The first-order valence-corrected chi connectivity index (χ1v) is 11.3. The highest BCUT2D eigenvalue weighted by Gasteiger charge is 2.46. The van der Waals surface area contributed by atoms with E-state index in [2.05, 4.69) is 20.3 Å². The van der Waals surface area contributed by atoms with Crippen LogP contribution < -0.4 is 0 Å². The highest BCUT2D eigenvalue weighted by molar-refractivity contribution is 7.99. The number of aromatic nitrogens is 5. The number of hydrogen-bond donors (Lipinski definition) is 3. The van der Waals surface area contributed by atoms with Crippen LogP contribution in [0.1, 0.15) is 11.7 Å². The molecule has 3 unspecified atom stereocenters. The second kappa shape index (κ2) is 9.35. The van der Waals surface area contributed by atoms with Gasteiger partial charge in [-0.25, -0.2) is 14.6 Å². The van der Waals surface area contributed by atoms with Gasteiger partial charge in [0.15, 0.2) is 5.69 Å². The molecule has 14 heteroatoms. The summed E-state index contributed by atoms with van der Waals surface area (Å²) in [7, 11) is 0. The molecule has 0 aliphatic carbocycles. The second-order valence-electron chi connectivity index (χ2n) is 6.49. The van der Waals surface area contributed by atoms with Crippen LogP contribution in [0, 0.1) is 11.3 Å². The number of nitrogens with zero attached hydrogens (tertiary/aromatic N) is 6. The average molecular weight is 501 g/mol. The quantitative estimate of drug-likeness (QED) is 0.472. The molecule has 3 aromatic heterocycles. The number of thioether (sulfide) groups is 1. The van der Waals surface area contributed by atoms with Crippen molar-refractivity contribution >= 4 is 46.3 Å². The number of hydrogen-bond acceptors (Lipinski definition) is 11. The van der Waals surface area contributed by atoms with Crippen LogP contribution >= 0.6 is 46.3 Å². The molecule has 1 aliphatic heterocycles. The van der Waals surface area contributed by atoms with Gasteiger partial charge in [-0.05, 0) is 6.07 Å². The van der Waals surface area contributed by atoms with Crippen molar-refractivity contribution in [3.05, 3.63) is 39.7 Å². The van der Waals surface area contributed by atoms with Crippen LogP contribution in [0.15, 0.2) is 28.7 Å². The Morgan fingerprint density at radius 3 is 2.81 bits per heavy atom. The Morgan fingerprint density at radius 2 is 2.13 bits per heavy atom. The SMILES string of the molecule is N#Cc1ncc(Cl)cc1S[C@H]1OC(CO)[C@H](O)C(n2cc(-c3nc(Cl)cs3)nn2)C1O. The summed E-state index contributed by atoms with van der Waals surface area (Å²) in [5.41, 5.74) is -0.435. The van der Waals surface area contributed by atoms with Crippen LogP contribution in [0.4, 0.5) is 0 Å². The van der Waals surface area contributed by atoms with Crippen LogP contribution in [0.25, 0.3) is 10.7 Å². The predicted octanol–water partition coefficient (Wildman–Crippen LogP) is 1.75. The third-order valence-electron chi connectivity index (χ3n) is 4.53. The van der Waals surface area contributed by atoms with E-state index in [9.17, 15) is 20.6 Å². The lowest BCUT2D eigenvalue weighted by atomic mass is 9.97. The van der Waals surface area contributed by atoms with E-state index < -0.39 is 36.4 Å². The van der Waals surface area contributed by atoms with Crippen LogP contribution in [-0.2, 0) is 4.74 Å². The van der Waals surface area contributed by atoms with Gasteiger partial charge >= 0.3 is 0 Å². The van der Waals surface area contributed by atoms with Crippen molar-refractivity contribution in [3.8, 4) is 16.8 Å². The molecular weight excluding hydrogens is 487 g/mol. The van der Waals surface area contributed by atoms with Gasteiger partial charge in [-0.2, -0.15) is 5.26 Å². The van der Waals surface area contributed by atoms with Gasteiger partial charge in [0.05, 0.1) is 17.8 Å². The molecule has 5 atom stereocenters. The molecule has 0 amide bonds. The minimum atomic E-state index is -1.28. The first kappa shape index (κ1) is 22.4. The van der Waals surface area contributed by atoms with Gasteiger partial charge in [-0.3, -0.25) is 0 Å². The van der Waals surface area contributed by atoms with Crippen molar-refractivity contribution in [2.45, 2.75) is 34.7 Å². The van der Waals surface area contributed by atoms with Gasteiger partial charge in [0.25, 0.3) is 0 Å². The summed E-state index contributed by atoms with van der Waals surface area (Å²) in [5.74, 6) is 0. The Bertz CT molecular complexity index is 1120. The molecule has 3 aromatic rings. The normalized spacial score (nSPS) is 26.0. The molecule has 1 saturated heterocycles. The molecule has 3 N–H and O–H groups in total. The van der Waals surface area contributed by atoms with Crippen LogP contribution in [0.5, 0.6) is 0 Å². The first-order valence-electron chi connectivity index (χ1n) is 8.79. The van der Waals surface area contributed by atoms with Crippen molar-refractivity contribution in [2.24, 2.45) is 0 Å². The molecule has 0 bridgehead atoms. The van der Waals surface area contributed by atoms with E-state index >= 15 is 0 Å². The maximum atomic E-state index is 11.0. The fourth-order valence-corrected chi connectivity index (χ4v) is 5.36. The van der Waals surface area contributed by atoms with Crippen molar-refractivity contribution in [3.63, 3.8) is 0 Å². The van der Waals surface area contributed by atoms with E-state index in [1.807, 2.05) is 6.07 Å². The van der Waals surface area contributed by atoms with Gasteiger partial charge in [-0.1, -0.05) is 40.2 Å². The van der Waals surface area contributed by atoms with E-state index in [0.717, 1.165) is 11.8 Å². The van der Waals surface area contributed by atoms with E-state index in [1.54, 1.807) is 5.38 Å². The second-order valence-corrected chi connectivity index (χ2v) is 9.31. The molecule has 0 aromatic carbocycles. The number of thiazole rings is 1. The number of aliphatic hydroxyl groups excluding tert-OH is 3. The summed E-state index contributed by atoms with van der Waals surface area (Å²) < 4.78 is 7.00. The maximum absolute atomic E-state index is 11.0. The van der Waals surface area contributed by atoms with Gasteiger partial charge < -0.3 is 20.1 Å². The summed E-state index contributed by atoms with van der Waals surface area (Å²) in [5, 5.41) is 51.6. The Balaban J connectivity index is 1.64. The van der Waals surface area contributed by atoms with Gasteiger partial charge in [0, 0.05) is 16.5 Å². The maximum Gasteiger partial charge on any atom is 0.154 e. The summed E-state index contributed by atoms with van der Waals surface area (Å²) >= 11 is 14.1. The van der Waals surface area contributed by atoms with E-state index in [0.29, 0.717) is 25.8 Å². The topological polar surface area (TPSA) is 150 Å². The minimum absolute atomic E-state index is 0.108. The third kappa shape index (κ3) is 4.55. The first-order chi connectivity index (χ1) is 14.9. The molecule has 162 valence electrons. The molecule has 31 heavy (non-hydrogen) atoms. The number of rotatable bonds is 5. The van der Waals surface area contributed by atoms with E-state index in [1.165, 1.54) is 34.5 Å².